The van der Waals surface area contributed by atoms with E-state index in [-0.39, 0.29) is 5.56 Å². The first kappa shape index (κ1) is 11.5. The number of carboxylic acid groups (broad SMARTS) is 1. The molecule has 0 saturated carbocycles. The Balaban J connectivity index is 2.15. The van der Waals surface area contributed by atoms with Crippen molar-refractivity contribution in [3.05, 3.63) is 53.6 Å². The zero-order valence-electron chi connectivity index (χ0n) is 10.3. The van der Waals surface area contributed by atoms with E-state index in [9.17, 15) is 4.79 Å². The lowest BCUT2D eigenvalue weighted by Gasteiger charge is -1.99. The van der Waals surface area contributed by atoms with E-state index < -0.39 is 5.97 Å². The monoisotopic (exact) mass is 252 g/mol. The standard InChI is InChI=1S/C15H12N2O2/c1-9-2-4-10(5-3-9)14-12-7-6-11(15(18)19)8-13(12)16-17-14/h2-8H,1H3,(H,16,17)(H,18,19). The third-order valence-electron chi connectivity index (χ3n) is 3.13. The number of aromatic amines is 1. The first-order valence-electron chi connectivity index (χ1n) is 5.93. The van der Waals surface area contributed by atoms with E-state index in [1.54, 1.807) is 18.2 Å². The van der Waals surface area contributed by atoms with Gasteiger partial charge in [-0.05, 0) is 25.1 Å². The molecule has 3 aromatic rings. The predicted octanol–water partition coefficient (Wildman–Crippen LogP) is 3.24. The van der Waals surface area contributed by atoms with Crippen molar-refractivity contribution in [2.75, 3.05) is 0 Å². The van der Waals surface area contributed by atoms with E-state index in [0.717, 1.165) is 22.2 Å². The smallest absolute Gasteiger partial charge is 0.335 e. The highest BCUT2D eigenvalue weighted by molar-refractivity contribution is 5.98. The molecule has 19 heavy (non-hydrogen) atoms. The summed E-state index contributed by atoms with van der Waals surface area (Å²) in [5.41, 5.74) is 4.03. The Labute approximate surface area is 109 Å². The number of hydrogen-bond acceptors (Lipinski definition) is 2. The molecule has 94 valence electrons. The van der Waals surface area contributed by atoms with Crippen molar-refractivity contribution in [2.45, 2.75) is 6.92 Å². The molecular formula is C15H12N2O2. The second-order valence-corrected chi connectivity index (χ2v) is 4.50. The van der Waals surface area contributed by atoms with Crippen molar-refractivity contribution < 1.29 is 9.90 Å². The van der Waals surface area contributed by atoms with Crippen LogP contribution in [0.15, 0.2) is 42.5 Å². The number of aryl methyl sites for hydroxylation is 1. The van der Waals surface area contributed by atoms with Gasteiger partial charge >= 0.3 is 5.97 Å². The van der Waals surface area contributed by atoms with Crippen LogP contribution in [0, 0.1) is 6.92 Å². The van der Waals surface area contributed by atoms with Crippen LogP contribution in [0.5, 0.6) is 0 Å². The number of fused-ring (bicyclic) bond motifs is 1. The zero-order chi connectivity index (χ0) is 13.4. The largest absolute Gasteiger partial charge is 0.478 e. The lowest BCUT2D eigenvalue weighted by atomic mass is 10.1. The summed E-state index contributed by atoms with van der Waals surface area (Å²) in [6, 6.07) is 13.1. The number of nitrogens with zero attached hydrogens (tertiary/aromatic N) is 1. The Morgan fingerprint density at radius 1 is 1.16 bits per heavy atom. The Hall–Kier alpha value is -2.62. The number of aromatic nitrogens is 2. The van der Waals surface area contributed by atoms with Gasteiger partial charge in [0.15, 0.2) is 0 Å². The molecule has 2 N–H and O–H groups in total. The molecule has 0 fully saturated rings. The van der Waals surface area contributed by atoms with E-state index in [2.05, 4.69) is 10.2 Å². The maximum Gasteiger partial charge on any atom is 0.335 e. The molecule has 0 bridgehead atoms. The van der Waals surface area contributed by atoms with Crippen LogP contribution in [0.25, 0.3) is 22.2 Å². The van der Waals surface area contributed by atoms with Crippen LogP contribution in [0.4, 0.5) is 0 Å². The van der Waals surface area contributed by atoms with Crippen LogP contribution in [0.1, 0.15) is 15.9 Å². The van der Waals surface area contributed by atoms with Crippen LogP contribution < -0.4 is 0 Å². The quantitative estimate of drug-likeness (QED) is 0.735. The molecule has 0 aliphatic rings. The van der Waals surface area contributed by atoms with Gasteiger partial charge in [0.05, 0.1) is 16.8 Å². The third-order valence-corrected chi connectivity index (χ3v) is 3.13. The number of hydrogen-bond donors (Lipinski definition) is 2. The summed E-state index contributed by atoms with van der Waals surface area (Å²) >= 11 is 0. The number of carbonyl (C=O) groups is 1. The van der Waals surface area contributed by atoms with E-state index >= 15 is 0 Å². The predicted molar refractivity (Wildman–Crippen MR) is 73.2 cm³/mol. The molecule has 0 saturated heterocycles. The number of nitrogens with one attached hydrogen (secondary N) is 1. The molecule has 0 atom stereocenters. The van der Waals surface area contributed by atoms with Gasteiger partial charge in [-0.2, -0.15) is 5.10 Å². The molecular weight excluding hydrogens is 240 g/mol. The molecule has 0 unspecified atom stereocenters. The third kappa shape index (κ3) is 1.97. The SMILES string of the molecule is Cc1ccc(-c2n[nH]c3cc(C(=O)O)ccc23)cc1. The van der Waals surface area contributed by atoms with Crippen molar-refractivity contribution in [3.63, 3.8) is 0 Å². The first-order chi connectivity index (χ1) is 9.15. The van der Waals surface area contributed by atoms with Crippen molar-refractivity contribution in [2.24, 2.45) is 0 Å². The lowest BCUT2D eigenvalue weighted by molar-refractivity contribution is 0.0697. The normalized spacial score (nSPS) is 10.8. The second kappa shape index (κ2) is 4.24. The summed E-state index contributed by atoms with van der Waals surface area (Å²) in [5.74, 6) is -0.937. The van der Waals surface area contributed by atoms with E-state index in [4.69, 9.17) is 5.11 Å². The average Bonchev–Trinajstić information content (AvgIpc) is 2.82. The van der Waals surface area contributed by atoms with Gasteiger partial charge in [0.1, 0.15) is 0 Å². The van der Waals surface area contributed by atoms with Crippen LogP contribution in [0.3, 0.4) is 0 Å². The summed E-state index contributed by atoms with van der Waals surface area (Å²) in [5, 5.41) is 17.1. The van der Waals surface area contributed by atoms with Gasteiger partial charge < -0.3 is 5.11 Å². The van der Waals surface area contributed by atoms with Crippen molar-refractivity contribution in [1.29, 1.82) is 0 Å². The highest BCUT2D eigenvalue weighted by Gasteiger charge is 2.10. The minimum atomic E-state index is -0.937. The van der Waals surface area contributed by atoms with E-state index in [1.807, 2.05) is 31.2 Å². The summed E-state index contributed by atoms with van der Waals surface area (Å²) in [4.78, 5) is 10.9. The summed E-state index contributed by atoms with van der Waals surface area (Å²) in [6.45, 7) is 2.03. The first-order valence-corrected chi connectivity index (χ1v) is 5.93. The van der Waals surface area contributed by atoms with Gasteiger partial charge in [0.2, 0.25) is 0 Å². The Bertz CT molecular complexity index is 757. The Morgan fingerprint density at radius 3 is 2.58 bits per heavy atom. The molecule has 3 rings (SSSR count). The second-order valence-electron chi connectivity index (χ2n) is 4.50. The van der Waals surface area contributed by atoms with Gasteiger partial charge in [-0.15, -0.1) is 0 Å². The number of benzene rings is 2. The molecule has 1 aromatic heterocycles. The van der Waals surface area contributed by atoms with E-state index in [0.29, 0.717) is 0 Å². The van der Waals surface area contributed by atoms with Gasteiger partial charge in [0, 0.05) is 10.9 Å². The van der Waals surface area contributed by atoms with Crippen LogP contribution in [-0.2, 0) is 0 Å². The van der Waals surface area contributed by atoms with Crippen molar-refractivity contribution >= 4 is 16.9 Å². The summed E-state index contributed by atoms with van der Waals surface area (Å²) in [6.07, 6.45) is 0. The number of H-pyrrole nitrogens is 1. The lowest BCUT2D eigenvalue weighted by Crippen LogP contribution is -1.94. The maximum absolute atomic E-state index is 10.9. The molecule has 0 spiro atoms. The average molecular weight is 252 g/mol. The minimum Gasteiger partial charge on any atom is -0.478 e. The summed E-state index contributed by atoms with van der Waals surface area (Å²) < 4.78 is 0. The molecule has 0 aliphatic carbocycles. The number of aromatic carboxylic acids is 1. The molecule has 4 nitrogen and oxygen atoms in total. The molecule has 4 heteroatoms. The number of carboxylic acids is 1. The molecule has 0 radical (unpaired) electrons. The fraction of sp³-hybridized carbons (Fsp3) is 0.0667. The fourth-order valence-corrected chi connectivity index (χ4v) is 2.08. The van der Waals surface area contributed by atoms with Gasteiger partial charge in [0.25, 0.3) is 0 Å². The fourth-order valence-electron chi connectivity index (χ4n) is 2.08. The van der Waals surface area contributed by atoms with Gasteiger partial charge in [-0.3, -0.25) is 5.10 Å². The van der Waals surface area contributed by atoms with Crippen LogP contribution in [0.2, 0.25) is 0 Å². The minimum absolute atomic E-state index is 0.256. The maximum atomic E-state index is 10.9. The highest BCUT2D eigenvalue weighted by Crippen LogP contribution is 2.27. The molecule has 0 aliphatic heterocycles. The Kier molecular flexibility index (Phi) is 2.56. The van der Waals surface area contributed by atoms with Crippen molar-refractivity contribution in [3.8, 4) is 11.3 Å². The van der Waals surface area contributed by atoms with E-state index in [1.165, 1.54) is 5.56 Å². The topological polar surface area (TPSA) is 66.0 Å². The highest BCUT2D eigenvalue weighted by atomic mass is 16.4. The van der Waals surface area contributed by atoms with Crippen LogP contribution >= 0.6 is 0 Å². The Morgan fingerprint density at radius 2 is 1.89 bits per heavy atom. The zero-order valence-corrected chi connectivity index (χ0v) is 10.3. The van der Waals surface area contributed by atoms with Crippen LogP contribution in [-0.4, -0.2) is 21.3 Å². The molecule has 1 heterocycles. The summed E-state index contributed by atoms with van der Waals surface area (Å²) in [7, 11) is 0. The van der Waals surface area contributed by atoms with Crippen molar-refractivity contribution in [1.82, 2.24) is 10.2 Å². The molecule has 2 aromatic carbocycles. The van der Waals surface area contributed by atoms with Gasteiger partial charge in [-0.1, -0.05) is 29.8 Å². The van der Waals surface area contributed by atoms with Gasteiger partial charge in [-0.25, -0.2) is 4.79 Å². The molecule has 0 amide bonds. The number of rotatable bonds is 2.